The van der Waals surface area contributed by atoms with Crippen LogP contribution in [-0.4, -0.2) is 83.5 Å². The number of rotatable bonds is 8. The van der Waals surface area contributed by atoms with Gasteiger partial charge < -0.3 is 24.5 Å². The van der Waals surface area contributed by atoms with E-state index in [2.05, 4.69) is 9.88 Å². The fraction of sp³-hybridized carbons (Fsp3) is 0.444. The normalized spacial score (nSPS) is 20.0. The lowest BCUT2D eigenvalue weighted by Crippen LogP contribution is -2.39. The average Bonchev–Trinajstić information content (AvgIpc) is 3.32. The quantitative estimate of drug-likeness (QED) is 0.241. The summed E-state index contributed by atoms with van der Waals surface area (Å²) in [5, 5.41) is 11.4. The molecule has 2 saturated heterocycles. The first-order valence-electron chi connectivity index (χ1n) is 12.4. The Kier molecular flexibility index (Phi) is 8.09. The van der Waals surface area contributed by atoms with Gasteiger partial charge in [0.15, 0.2) is 0 Å². The van der Waals surface area contributed by atoms with Crippen molar-refractivity contribution in [1.82, 2.24) is 14.8 Å². The third kappa shape index (κ3) is 5.30. The van der Waals surface area contributed by atoms with Gasteiger partial charge in [0.1, 0.15) is 17.3 Å². The zero-order valence-corrected chi connectivity index (χ0v) is 21.3. The van der Waals surface area contributed by atoms with Gasteiger partial charge in [0, 0.05) is 37.4 Å². The van der Waals surface area contributed by atoms with Crippen LogP contribution in [0.2, 0.25) is 0 Å². The lowest BCUT2D eigenvalue weighted by molar-refractivity contribution is -0.140. The number of amides is 1. The molecule has 10 heteroatoms. The van der Waals surface area contributed by atoms with Crippen molar-refractivity contribution in [2.24, 2.45) is 0 Å². The molecule has 0 radical (unpaired) electrons. The van der Waals surface area contributed by atoms with E-state index in [4.69, 9.17) is 9.47 Å². The number of ether oxygens (including phenoxy) is 2. The van der Waals surface area contributed by atoms with Gasteiger partial charge in [-0.05, 0) is 50.5 Å². The Morgan fingerprint density at radius 3 is 2.62 bits per heavy atom. The molecule has 2 N–H and O–H groups in total. The largest absolute Gasteiger partial charge is 0.507 e. The lowest BCUT2D eigenvalue weighted by Gasteiger charge is -2.29. The van der Waals surface area contributed by atoms with Crippen molar-refractivity contribution in [2.75, 3.05) is 46.0 Å². The molecule has 2 aliphatic heterocycles. The first kappa shape index (κ1) is 26.6. The van der Waals surface area contributed by atoms with E-state index in [0.717, 1.165) is 13.1 Å². The first-order chi connectivity index (χ1) is 17.7. The highest BCUT2D eigenvalue weighted by Crippen LogP contribution is 2.41. The Morgan fingerprint density at radius 2 is 1.95 bits per heavy atom. The molecule has 37 heavy (non-hydrogen) atoms. The number of hydrogen-bond acceptors (Lipinski definition) is 7. The summed E-state index contributed by atoms with van der Waals surface area (Å²) in [7, 11) is 0. The number of carbonyl (C=O) groups is 3. The topological polar surface area (TPSA) is 112 Å². The number of aliphatic hydroxyl groups excluding tert-OH is 1. The Hall–Kier alpha value is -3.50. The number of Topliss-reactive ketones (excluding diaryl/α,β-unsaturated/α-hetero) is 1. The van der Waals surface area contributed by atoms with Crippen molar-refractivity contribution < 1.29 is 33.4 Å². The van der Waals surface area contributed by atoms with E-state index >= 15 is 0 Å². The molecule has 0 aliphatic carbocycles. The monoisotopic (exact) mass is 513 g/mol. The van der Waals surface area contributed by atoms with Crippen LogP contribution in [-0.2, 0) is 19.1 Å². The number of aryl methyl sites for hydroxylation is 1. The van der Waals surface area contributed by atoms with Crippen LogP contribution in [0.3, 0.4) is 0 Å². The number of ketones is 1. The van der Waals surface area contributed by atoms with E-state index in [-0.39, 0.29) is 30.0 Å². The summed E-state index contributed by atoms with van der Waals surface area (Å²) in [4.78, 5) is 45.4. The fourth-order valence-corrected chi connectivity index (χ4v) is 5.07. The van der Waals surface area contributed by atoms with Gasteiger partial charge in [-0.3, -0.25) is 14.5 Å². The number of likely N-dealkylation sites (tertiary alicyclic amines) is 1. The molecule has 0 saturated carbocycles. The first-order valence-corrected chi connectivity index (χ1v) is 12.4. The Morgan fingerprint density at radius 1 is 1.22 bits per heavy atom. The summed E-state index contributed by atoms with van der Waals surface area (Å²) < 4.78 is 24.7. The number of hydrogen-bond donors (Lipinski definition) is 2. The molecule has 1 aromatic carbocycles. The van der Waals surface area contributed by atoms with Crippen molar-refractivity contribution in [3.8, 4) is 0 Å². The SMILES string of the molecule is CCOC(=O)c1[nH]c(C)c(C(O)=C2C(=O)C(=O)N(CCCN3CCOCC3)C2c2cccc(F)c2)c1C. The molecule has 4 rings (SSSR count). The number of nitrogens with zero attached hydrogens (tertiary/aromatic N) is 2. The summed E-state index contributed by atoms with van der Waals surface area (Å²) in [6.07, 6.45) is 0.591. The van der Waals surface area contributed by atoms with Gasteiger partial charge in [0.2, 0.25) is 0 Å². The van der Waals surface area contributed by atoms with E-state index in [9.17, 15) is 23.9 Å². The molecule has 198 valence electrons. The van der Waals surface area contributed by atoms with Gasteiger partial charge in [-0.25, -0.2) is 9.18 Å². The van der Waals surface area contributed by atoms with Gasteiger partial charge in [0.05, 0.1) is 31.4 Å². The fourth-order valence-electron chi connectivity index (χ4n) is 5.07. The number of halogens is 1. The molecular weight excluding hydrogens is 481 g/mol. The Balaban J connectivity index is 1.74. The van der Waals surface area contributed by atoms with Crippen molar-refractivity contribution in [3.05, 3.63) is 63.7 Å². The lowest BCUT2D eigenvalue weighted by atomic mass is 9.94. The number of aliphatic hydroxyl groups is 1. The minimum Gasteiger partial charge on any atom is -0.507 e. The van der Waals surface area contributed by atoms with Crippen molar-refractivity contribution in [3.63, 3.8) is 0 Å². The summed E-state index contributed by atoms with van der Waals surface area (Å²) >= 11 is 0. The van der Waals surface area contributed by atoms with E-state index in [0.29, 0.717) is 43.0 Å². The van der Waals surface area contributed by atoms with Crippen LogP contribution in [0.25, 0.3) is 5.76 Å². The number of carbonyl (C=O) groups excluding carboxylic acids is 3. The van der Waals surface area contributed by atoms with Gasteiger partial charge in [-0.2, -0.15) is 0 Å². The molecular formula is C27H32FN3O6. The minimum absolute atomic E-state index is 0.136. The van der Waals surface area contributed by atoms with Crippen LogP contribution in [0.15, 0.2) is 29.8 Å². The molecule has 2 aromatic rings. The number of nitrogens with one attached hydrogen (secondary N) is 1. The second-order valence-corrected chi connectivity index (χ2v) is 9.20. The van der Waals surface area contributed by atoms with Gasteiger partial charge in [0.25, 0.3) is 11.7 Å². The molecule has 1 aromatic heterocycles. The molecule has 0 bridgehead atoms. The van der Waals surface area contributed by atoms with E-state index < -0.39 is 35.3 Å². The molecule has 2 aliphatic rings. The molecule has 2 fully saturated rings. The van der Waals surface area contributed by atoms with E-state index in [1.165, 1.54) is 23.1 Å². The van der Waals surface area contributed by atoms with E-state index in [1.807, 2.05) is 0 Å². The number of benzene rings is 1. The number of aromatic nitrogens is 1. The highest BCUT2D eigenvalue weighted by molar-refractivity contribution is 6.46. The highest BCUT2D eigenvalue weighted by atomic mass is 19.1. The van der Waals surface area contributed by atoms with Crippen LogP contribution in [0, 0.1) is 19.7 Å². The predicted octanol–water partition coefficient (Wildman–Crippen LogP) is 3.09. The number of esters is 1. The van der Waals surface area contributed by atoms with Crippen LogP contribution in [0.5, 0.6) is 0 Å². The average molecular weight is 514 g/mol. The minimum atomic E-state index is -0.972. The third-order valence-corrected chi connectivity index (χ3v) is 6.84. The maximum atomic E-state index is 14.2. The standard InChI is InChI=1S/C27H32FN3O6/c1-4-37-27(35)22-16(2)20(17(3)29-22)24(32)21-23(18-7-5-8-19(28)15-18)31(26(34)25(21)33)10-6-9-30-11-13-36-14-12-30/h5,7-8,15,23,29,32H,4,6,9-14H2,1-3H3. The predicted molar refractivity (Wildman–Crippen MR) is 134 cm³/mol. The Labute approximate surface area is 214 Å². The summed E-state index contributed by atoms with van der Waals surface area (Å²) in [5.41, 5.74) is 1.48. The third-order valence-electron chi connectivity index (χ3n) is 6.84. The van der Waals surface area contributed by atoms with Gasteiger partial charge >= 0.3 is 5.97 Å². The molecule has 9 nitrogen and oxygen atoms in total. The van der Waals surface area contributed by atoms with Crippen molar-refractivity contribution >= 4 is 23.4 Å². The molecule has 1 atom stereocenters. The maximum Gasteiger partial charge on any atom is 0.355 e. The Bertz CT molecular complexity index is 1230. The van der Waals surface area contributed by atoms with Crippen LogP contribution < -0.4 is 0 Å². The summed E-state index contributed by atoms with van der Waals surface area (Å²) in [6.45, 7) is 8.98. The van der Waals surface area contributed by atoms with Gasteiger partial charge in [-0.1, -0.05) is 12.1 Å². The second kappa shape index (κ2) is 11.3. The van der Waals surface area contributed by atoms with Crippen LogP contribution in [0.1, 0.15) is 52.3 Å². The van der Waals surface area contributed by atoms with Gasteiger partial charge in [-0.15, -0.1) is 0 Å². The number of morpholine rings is 1. The van der Waals surface area contributed by atoms with E-state index in [1.54, 1.807) is 26.8 Å². The zero-order valence-electron chi connectivity index (χ0n) is 21.3. The molecule has 1 amide bonds. The van der Waals surface area contributed by atoms with Crippen molar-refractivity contribution in [1.29, 1.82) is 0 Å². The van der Waals surface area contributed by atoms with Crippen LogP contribution >= 0.6 is 0 Å². The van der Waals surface area contributed by atoms with Crippen molar-refractivity contribution in [2.45, 2.75) is 33.2 Å². The summed E-state index contributed by atoms with van der Waals surface area (Å²) in [6, 6.07) is 4.70. The molecule has 0 spiro atoms. The summed E-state index contributed by atoms with van der Waals surface area (Å²) in [5.74, 6) is -3.13. The highest BCUT2D eigenvalue weighted by Gasteiger charge is 2.46. The smallest absolute Gasteiger partial charge is 0.355 e. The zero-order chi connectivity index (χ0) is 26.7. The number of aromatic amines is 1. The molecule has 3 heterocycles. The second-order valence-electron chi connectivity index (χ2n) is 9.20. The maximum absolute atomic E-state index is 14.2. The number of H-pyrrole nitrogens is 1. The molecule has 1 unspecified atom stereocenters. The van der Waals surface area contributed by atoms with Crippen LogP contribution in [0.4, 0.5) is 4.39 Å².